The van der Waals surface area contributed by atoms with E-state index >= 15 is 0 Å². The first kappa shape index (κ1) is 27.9. The number of carbonyl (C=O) groups excluding carboxylic acids is 2. The van der Waals surface area contributed by atoms with Crippen molar-refractivity contribution in [1.82, 2.24) is 14.6 Å². The summed E-state index contributed by atoms with van der Waals surface area (Å²) >= 11 is 0. The zero-order valence-electron chi connectivity index (χ0n) is 22.7. The first-order valence-corrected chi connectivity index (χ1v) is 17.4. The molecule has 1 unspecified atom stereocenters. The number of aromatic nitrogens is 1. The van der Waals surface area contributed by atoms with Gasteiger partial charge in [-0.3, -0.25) is 14.6 Å². The van der Waals surface area contributed by atoms with Crippen LogP contribution in [0.4, 0.5) is 0 Å². The summed E-state index contributed by atoms with van der Waals surface area (Å²) in [4.78, 5) is 31.9. The summed E-state index contributed by atoms with van der Waals surface area (Å²) in [5.74, 6) is -0.719. The molecule has 38 heavy (non-hydrogen) atoms. The van der Waals surface area contributed by atoms with E-state index in [4.69, 9.17) is 4.43 Å². The molecule has 1 aliphatic rings. The number of amides is 2. The monoisotopic (exact) mass is 553 g/mol. The van der Waals surface area contributed by atoms with E-state index in [2.05, 4.69) is 38.8 Å². The van der Waals surface area contributed by atoms with Gasteiger partial charge in [0.05, 0.1) is 17.9 Å². The molecule has 4 rings (SSSR count). The second kappa shape index (κ2) is 10.2. The Hall–Kier alpha value is -3.08. The Bertz CT molecular complexity index is 1480. The number of rotatable bonds is 6. The molecular weight excluding hydrogens is 518 g/mol. The lowest BCUT2D eigenvalue weighted by Gasteiger charge is -2.38. The van der Waals surface area contributed by atoms with Gasteiger partial charge >= 0.3 is 0 Å². The number of pyridine rings is 1. The quantitative estimate of drug-likeness (QED) is 0.439. The fraction of sp³-hybridized carbons (Fsp3) is 0.393. The molecule has 8 nitrogen and oxygen atoms in total. The third-order valence-electron chi connectivity index (χ3n) is 7.42. The van der Waals surface area contributed by atoms with E-state index in [1.54, 1.807) is 30.5 Å². The van der Waals surface area contributed by atoms with Crippen molar-refractivity contribution in [2.75, 3.05) is 19.3 Å². The Kier molecular flexibility index (Phi) is 7.53. The van der Waals surface area contributed by atoms with Crippen molar-refractivity contribution in [3.8, 4) is 11.1 Å². The van der Waals surface area contributed by atoms with Gasteiger partial charge in [-0.05, 0) is 72.1 Å². The third kappa shape index (κ3) is 6.14. The SMILES string of the molecule is CC(C)(C)[Si](C)(C)OC1CCN(C(=O)c2ccc3nccc(-c4ccc(C(=O)NS(C)(=O)=O)cc4)c3c2)C1. The highest BCUT2D eigenvalue weighted by Gasteiger charge is 2.41. The van der Waals surface area contributed by atoms with E-state index < -0.39 is 24.2 Å². The molecule has 3 aromatic rings. The van der Waals surface area contributed by atoms with E-state index in [9.17, 15) is 18.0 Å². The molecule has 1 N–H and O–H groups in total. The number of benzene rings is 2. The van der Waals surface area contributed by atoms with Crippen LogP contribution in [-0.4, -0.2) is 63.9 Å². The number of carbonyl (C=O) groups is 2. The lowest BCUT2D eigenvalue weighted by atomic mass is 9.98. The minimum atomic E-state index is -3.65. The van der Waals surface area contributed by atoms with E-state index in [0.29, 0.717) is 18.7 Å². The highest BCUT2D eigenvalue weighted by Crippen LogP contribution is 2.38. The second-order valence-electron chi connectivity index (χ2n) is 11.4. The van der Waals surface area contributed by atoms with Crippen LogP contribution < -0.4 is 4.72 Å². The van der Waals surface area contributed by atoms with Crippen molar-refractivity contribution >= 4 is 41.1 Å². The summed E-state index contributed by atoms with van der Waals surface area (Å²) < 4.78 is 31.3. The summed E-state index contributed by atoms with van der Waals surface area (Å²) in [6, 6.07) is 14.0. The summed E-state index contributed by atoms with van der Waals surface area (Å²) in [5, 5.41) is 0.932. The van der Waals surface area contributed by atoms with Crippen molar-refractivity contribution < 1.29 is 22.4 Å². The van der Waals surface area contributed by atoms with Crippen molar-refractivity contribution in [1.29, 1.82) is 0 Å². The number of nitrogens with zero attached hydrogens (tertiary/aromatic N) is 2. The number of hydrogen-bond acceptors (Lipinski definition) is 6. The lowest BCUT2D eigenvalue weighted by molar-refractivity contribution is 0.0768. The maximum absolute atomic E-state index is 13.4. The molecule has 10 heteroatoms. The van der Waals surface area contributed by atoms with Crippen LogP contribution in [0.5, 0.6) is 0 Å². The van der Waals surface area contributed by atoms with E-state index in [1.165, 1.54) is 0 Å². The van der Waals surface area contributed by atoms with Crippen LogP contribution in [0.2, 0.25) is 18.1 Å². The average Bonchev–Trinajstić information content (AvgIpc) is 3.29. The van der Waals surface area contributed by atoms with Gasteiger partial charge in [0, 0.05) is 35.8 Å². The Balaban J connectivity index is 1.56. The van der Waals surface area contributed by atoms with Gasteiger partial charge in [-0.25, -0.2) is 13.1 Å². The van der Waals surface area contributed by atoms with Crippen molar-refractivity contribution in [3.63, 3.8) is 0 Å². The minimum absolute atomic E-state index is 0.0316. The highest BCUT2D eigenvalue weighted by atomic mass is 32.2. The van der Waals surface area contributed by atoms with E-state index in [1.807, 2.05) is 33.9 Å². The number of nitrogens with one attached hydrogen (secondary N) is 1. The zero-order chi connectivity index (χ0) is 27.9. The van der Waals surface area contributed by atoms with E-state index in [0.717, 1.165) is 34.7 Å². The fourth-order valence-electron chi connectivity index (χ4n) is 4.34. The number of likely N-dealkylation sites (tertiary alicyclic amines) is 1. The molecule has 0 bridgehead atoms. The van der Waals surface area contributed by atoms with Gasteiger partial charge in [-0.2, -0.15) is 0 Å². The maximum atomic E-state index is 13.4. The second-order valence-corrected chi connectivity index (χ2v) is 17.9. The van der Waals surface area contributed by atoms with Crippen molar-refractivity contribution in [2.45, 2.75) is 51.4 Å². The van der Waals surface area contributed by atoms with Gasteiger partial charge < -0.3 is 9.33 Å². The summed E-state index contributed by atoms with van der Waals surface area (Å²) in [6.07, 6.45) is 3.52. The maximum Gasteiger partial charge on any atom is 0.264 e. The van der Waals surface area contributed by atoms with Crippen LogP contribution in [0.25, 0.3) is 22.0 Å². The van der Waals surface area contributed by atoms with Gasteiger partial charge in [-0.15, -0.1) is 0 Å². The fourth-order valence-corrected chi connectivity index (χ4v) is 6.18. The van der Waals surface area contributed by atoms with Crippen LogP contribution in [0.3, 0.4) is 0 Å². The molecule has 1 atom stereocenters. The molecule has 2 aromatic carbocycles. The standard InChI is InChI=1S/C28H35N3O5SSi/c1-28(2,3)38(5,6)36-22-14-16-31(18-22)27(33)21-11-12-25-24(17-21)23(13-15-29-25)19-7-9-20(10-8-19)26(32)30-37(4,34)35/h7-13,15,17,22H,14,16,18H2,1-6H3,(H,30,32). The highest BCUT2D eigenvalue weighted by molar-refractivity contribution is 7.89. The molecule has 1 fully saturated rings. The first-order valence-electron chi connectivity index (χ1n) is 12.6. The van der Waals surface area contributed by atoms with Crippen LogP contribution in [-0.2, 0) is 14.4 Å². The summed E-state index contributed by atoms with van der Waals surface area (Å²) in [5.41, 5.74) is 3.25. The number of sulfonamides is 1. The molecule has 0 radical (unpaired) electrons. The summed E-state index contributed by atoms with van der Waals surface area (Å²) in [6.45, 7) is 12.4. The molecule has 1 aliphatic heterocycles. The molecule has 0 spiro atoms. The lowest BCUT2D eigenvalue weighted by Crippen LogP contribution is -2.44. The van der Waals surface area contributed by atoms with Gasteiger partial charge in [-0.1, -0.05) is 32.9 Å². The zero-order valence-corrected chi connectivity index (χ0v) is 24.6. The third-order valence-corrected chi connectivity index (χ3v) is 12.5. The topological polar surface area (TPSA) is 106 Å². The molecule has 202 valence electrons. The first-order chi connectivity index (χ1) is 17.6. The molecule has 1 saturated heterocycles. The predicted molar refractivity (Wildman–Crippen MR) is 152 cm³/mol. The summed E-state index contributed by atoms with van der Waals surface area (Å²) in [7, 11) is -5.57. The molecule has 0 saturated carbocycles. The number of hydrogen-bond donors (Lipinski definition) is 1. The number of fused-ring (bicyclic) bond motifs is 1. The molecule has 2 amide bonds. The Morgan fingerprint density at radius 2 is 1.71 bits per heavy atom. The Morgan fingerprint density at radius 3 is 2.34 bits per heavy atom. The smallest absolute Gasteiger partial charge is 0.264 e. The molecule has 0 aliphatic carbocycles. The van der Waals surface area contributed by atoms with Crippen LogP contribution in [0, 0.1) is 0 Å². The van der Waals surface area contributed by atoms with Crippen molar-refractivity contribution in [3.05, 3.63) is 65.9 Å². The Morgan fingerprint density at radius 1 is 1.05 bits per heavy atom. The average molecular weight is 554 g/mol. The molecule has 2 heterocycles. The molecular formula is C28H35N3O5SSi. The largest absolute Gasteiger partial charge is 0.412 e. The minimum Gasteiger partial charge on any atom is -0.412 e. The van der Waals surface area contributed by atoms with Gasteiger partial charge in [0.15, 0.2) is 8.32 Å². The predicted octanol–water partition coefficient (Wildman–Crippen LogP) is 4.83. The van der Waals surface area contributed by atoms with Gasteiger partial charge in [0.2, 0.25) is 10.0 Å². The van der Waals surface area contributed by atoms with E-state index in [-0.39, 0.29) is 22.6 Å². The van der Waals surface area contributed by atoms with Crippen LogP contribution in [0.15, 0.2) is 54.7 Å². The van der Waals surface area contributed by atoms with Gasteiger partial charge in [0.1, 0.15) is 0 Å². The molecule has 1 aromatic heterocycles. The van der Waals surface area contributed by atoms with Gasteiger partial charge in [0.25, 0.3) is 11.8 Å². The Labute approximate surface area is 225 Å². The van der Waals surface area contributed by atoms with Crippen LogP contribution in [0.1, 0.15) is 47.9 Å². The van der Waals surface area contributed by atoms with Crippen molar-refractivity contribution in [2.24, 2.45) is 0 Å². The normalized spacial score (nSPS) is 16.6. The van der Waals surface area contributed by atoms with Crippen LogP contribution >= 0.6 is 0 Å².